The Morgan fingerprint density at radius 3 is 3.05 bits per heavy atom. The molecule has 6 heteroatoms. The van der Waals surface area contributed by atoms with Crippen molar-refractivity contribution in [1.29, 1.82) is 0 Å². The number of aromatic nitrogens is 1. The molecule has 1 atom stereocenters. The summed E-state index contributed by atoms with van der Waals surface area (Å²) in [5, 5.41) is 4.98. The first-order valence-corrected chi connectivity index (χ1v) is 8.29. The van der Waals surface area contributed by atoms with E-state index in [1.807, 2.05) is 42.2 Å². The SMILES string of the molecule is CN1CC[C@H](N(C)C(=O)Nc2cccc(-c3cscn3)c2)C1. The average Bonchev–Trinajstić information content (AvgIpc) is 3.18. The molecule has 1 aromatic heterocycles. The van der Waals surface area contributed by atoms with Gasteiger partial charge in [0.2, 0.25) is 0 Å². The van der Waals surface area contributed by atoms with Crippen LogP contribution in [-0.2, 0) is 0 Å². The van der Waals surface area contributed by atoms with Crippen LogP contribution in [0.25, 0.3) is 11.3 Å². The topological polar surface area (TPSA) is 48.5 Å². The van der Waals surface area contributed by atoms with Crippen molar-refractivity contribution >= 4 is 23.1 Å². The number of anilines is 1. The van der Waals surface area contributed by atoms with Gasteiger partial charge in [-0.3, -0.25) is 0 Å². The van der Waals surface area contributed by atoms with Crippen LogP contribution in [0, 0.1) is 0 Å². The summed E-state index contributed by atoms with van der Waals surface area (Å²) in [6, 6.07) is 8.03. The molecule has 0 unspecified atom stereocenters. The van der Waals surface area contributed by atoms with E-state index in [9.17, 15) is 4.79 Å². The minimum Gasteiger partial charge on any atom is -0.323 e. The molecule has 0 saturated carbocycles. The van der Waals surface area contributed by atoms with Crippen molar-refractivity contribution in [3.63, 3.8) is 0 Å². The van der Waals surface area contributed by atoms with Crippen molar-refractivity contribution in [3.05, 3.63) is 35.2 Å². The number of hydrogen-bond acceptors (Lipinski definition) is 4. The van der Waals surface area contributed by atoms with E-state index in [0.29, 0.717) is 0 Å². The monoisotopic (exact) mass is 316 g/mol. The van der Waals surface area contributed by atoms with Gasteiger partial charge in [0.1, 0.15) is 0 Å². The highest BCUT2D eigenvalue weighted by molar-refractivity contribution is 7.07. The standard InChI is InChI=1S/C16H20N4OS/c1-19-7-6-14(9-19)20(2)16(21)18-13-5-3-4-12(8-13)15-10-22-11-17-15/h3-5,8,10-11,14H,6-7,9H2,1-2H3,(H,18,21)/t14-/m0/s1. The van der Waals surface area contributed by atoms with Gasteiger partial charge in [-0.15, -0.1) is 11.3 Å². The lowest BCUT2D eigenvalue weighted by molar-refractivity contribution is 0.204. The predicted molar refractivity (Wildman–Crippen MR) is 90.2 cm³/mol. The number of thiazole rings is 1. The van der Waals surface area contributed by atoms with Gasteiger partial charge in [0.15, 0.2) is 0 Å². The molecule has 0 bridgehead atoms. The van der Waals surface area contributed by atoms with Crippen LogP contribution >= 0.6 is 11.3 Å². The van der Waals surface area contributed by atoms with Gasteiger partial charge >= 0.3 is 6.03 Å². The summed E-state index contributed by atoms with van der Waals surface area (Å²) in [6.07, 6.45) is 1.03. The molecule has 2 amide bonds. The van der Waals surface area contributed by atoms with Crippen molar-refractivity contribution in [3.8, 4) is 11.3 Å². The fourth-order valence-corrected chi connectivity index (χ4v) is 3.28. The van der Waals surface area contributed by atoms with Gasteiger partial charge in [0, 0.05) is 36.3 Å². The number of carbonyl (C=O) groups excluding carboxylic acids is 1. The summed E-state index contributed by atoms with van der Waals surface area (Å²) in [7, 11) is 3.95. The maximum absolute atomic E-state index is 12.4. The van der Waals surface area contributed by atoms with Crippen LogP contribution in [0.3, 0.4) is 0 Å². The van der Waals surface area contributed by atoms with Gasteiger partial charge in [0.25, 0.3) is 0 Å². The molecule has 22 heavy (non-hydrogen) atoms. The number of likely N-dealkylation sites (tertiary alicyclic amines) is 1. The number of urea groups is 1. The zero-order valence-corrected chi connectivity index (χ0v) is 13.6. The molecule has 0 radical (unpaired) electrons. The molecular formula is C16H20N4OS. The number of amides is 2. The number of carbonyl (C=O) groups is 1. The fraction of sp³-hybridized carbons (Fsp3) is 0.375. The summed E-state index contributed by atoms with van der Waals surface area (Å²) in [4.78, 5) is 20.7. The Morgan fingerprint density at radius 2 is 2.36 bits per heavy atom. The smallest absolute Gasteiger partial charge is 0.321 e. The van der Waals surface area contributed by atoms with E-state index >= 15 is 0 Å². The molecule has 0 aliphatic carbocycles. The second-order valence-corrected chi connectivity index (χ2v) is 6.42. The summed E-state index contributed by atoms with van der Waals surface area (Å²) >= 11 is 1.56. The number of nitrogens with zero attached hydrogens (tertiary/aromatic N) is 3. The number of hydrogen-bond donors (Lipinski definition) is 1. The minimum absolute atomic E-state index is 0.0595. The summed E-state index contributed by atoms with van der Waals surface area (Å²) < 4.78 is 0. The number of nitrogens with one attached hydrogen (secondary N) is 1. The first kappa shape index (κ1) is 15.0. The zero-order valence-electron chi connectivity index (χ0n) is 12.8. The zero-order chi connectivity index (χ0) is 15.5. The van der Waals surface area contributed by atoms with Crippen LogP contribution < -0.4 is 5.32 Å². The Balaban J connectivity index is 1.68. The van der Waals surface area contributed by atoms with Gasteiger partial charge < -0.3 is 15.1 Å². The molecule has 0 spiro atoms. The van der Waals surface area contributed by atoms with E-state index in [1.165, 1.54) is 0 Å². The molecule has 5 nitrogen and oxygen atoms in total. The highest BCUT2D eigenvalue weighted by Crippen LogP contribution is 2.23. The number of benzene rings is 1. The molecule has 1 fully saturated rings. The Labute approximate surface area is 134 Å². The van der Waals surface area contributed by atoms with Gasteiger partial charge in [-0.2, -0.15) is 0 Å². The van der Waals surface area contributed by atoms with E-state index in [-0.39, 0.29) is 12.1 Å². The third-order valence-corrected chi connectivity index (χ3v) is 4.66. The Bertz CT molecular complexity index is 643. The molecule has 1 aliphatic heterocycles. The molecular weight excluding hydrogens is 296 g/mol. The second-order valence-electron chi connectivity index (χ2n) is 5.70. The lowest BCUT2D eigenvalue weighted by Crippen LogP contribution is -2.41. The van der Waals surface area contributed by atoms with E-state index in [4.69, 9.17) is 0 Å². The van der Waals surface area contributed by atoms with Gasteiger partial charge in [-0.25, -0.2) is 9.78 Å². The van der Waals surface area contributed by atoms with Gasteiger partial charge in [-0.05, 0) is 32.1 Å². The molecule has 2 heterocycles. The largest absolute Gasteiger partial charge is 0.323 e. The van der Waals surface area contributed by atoms with Crippen molar-refractivity contribution < 1.29 is 4.79 Å². The number of rotatable bonds is 3. The van der Waals surface area contributed by atoms with Crippen molar-refractivity contribution in [2.45, 2.75) is 12.5 Å². The molecule has 116 valence electrons. The van der Waals surface area contributed by atoms with E-state index in [2.05, 4.69) is 22.2 Å². The van der Waals surface area contributed by atoms with Crippen LogP contribution in [0.1, 0.15) is 6.42 Å². The summed E-state index contributed by atoms with van der Waals surface area (Å²) in [5.41, 5.74) is 4.56. The van der Waals surface area contributed by atoms with Crippen LogP contribution in [-0.4, -0.2) is 54.0 Å². The molecule has 1 N–H and O–H groups in total. The predicted octanol–water partition coefficient (Wildman–Crippen LogP) is 2.98. The normalized spacial score (nSPS) is 18.4. The van der Waals surface area contributed by atoms with Gasteiger partial charge in [0.05, 0.1) is 11.2 Å². The lowest BCUT2D eigenvalue weighted by Gasteiger charge is -2.24. The quantitative estimate of drug-likeness (QED) is 0.947. The number of likely N-dealkylation sites (N-methyl/N-ethyl adjacent to an activating group) is 2. The van der Waals surface area contributed by atoms with Crippen LogP contribution in [0.5, 0.6) is 0 Å². The van der Waals surface area contributed by atoms with Crippen LogP contribution in [0.4, 0.5) is 10.5 Å². The molecule has 1 aliphatic rings. The summed E-state index contributed by atoms with van der Waals surface area (Å²) in [5.74, 6) is 0. The summed E-state index contributed by atoms with van der Waals surface area (Å²) in [6.45, 7) is 1.98. The van der Waals surface area contributed by atoms with Crippen LogP contribution in [0.15, 0.2) is 35.2 Å². The first-order chi connectivity index (χ1) is 10.6. The van der Waals surface area contributed by atoms with Crippen LogP contribution in [0.2, 0.25) is 0 Å². The minimum atomic E-state index is -0.0595. The van der Waals surface area contributed by atoms with E-state index in [1.54, 1.807) is 16.2 Å². The molecule has 1 aromatic carbocycles. The Kier molecular flexibility index (Phi) is 4.40. The lowest BCUT2D eigenvalue weighted by atomic mass is 10.1. The van der Waals surface area contributed by atoms with Crippen molar-refractivity contribution in [2.75, 3.05) is 32.5 Å². The third-order valence-electron chi connectivity index (χ3n) is 4.08. The Morgan fingerprint density at radius 1 is 1.50 bits per heavy atom. The molecule has 2 aromatic rings. The second kappa shape index (κ2) is 6.46. The van der Waals surface area contributed by atoms with E-state index < -0.39 is 0 Å². The van der Waals surface area contributed by atoms with Crippen molar-refractivity contribution in [1.82, 2.24) is 14.8 Å². The highest BCUT2D eigenvalue weighted by Gasteiger charge is 2.26. The average molecular weight is 316 g/mol. The Hall–Kier alpha value is -1.92. The maximum Gasteiger partial charge on any atom is 0.321 e. The first-order valence-electron chi connectivity index (χ1n) is 7.34. The molecule has 1 saturated heterocycles. The maximum atomic E-state index is 12.4. The highest BCUT2D eigenvalue weighted by atomic mass is 32.1. The third kappa shape index (κ3) is 3.28. The van der Waals surface area contributed by atoms with E-state index in [0.717, 1.165) is 36.5 Å². The van der Waals surface area contributed by atoms with Gasteiger partial charge in [-0.1, -0.05) is 12.1 Å². The fourth-order valence-electron chi connectivity index (χ4n) is 2.72. The van der Waals surface area contributed by atoms with Crippen molar-refractivity contribution in [2.24, 2.45) is 0 Å². The molecule has 3 rings (SSSR count).